The summed E-state index contributed by atoms with van der Waals surface area (Å²) in [7, 11) is -1.95. The van der Waals surface area contributed by atoms with E-state index in [-0.39, 0.29) is 18.3 Å². The summed E-state index contributed by atoms with van der Waals surface area (Å²) in [5.41, 5.74) is 1.12. The number of likely N-dealkylation sites (N-methyl/N-ethyl adjacent to an activating group) is 1. The molecule has 0 unspecified atom stereocenters. The number of hydrogen-bond acceptors (Lipinski definition) is 4. The van der Waals surface area contributed by atoms with Gasteiger partial charge in [0, 0.05) is 19.6 Å². The predicted molar refractivity (Wildman–Crippen MR) is 95.3 cm³/mol. The van der Waals surface area contributed by atoms with Gasteiger partial charge in [0.2, 0.25) is 10.0 Å². The quantitative estimate of drug-likeness (QED) is 0.850. The fraction of sp³-hybridized carbons (Fsp3) is 0.588. The van der Waals surface area contributed by atoms with Gasteiger partial charge < -0.3 is 10.1 Å². The monoisotopic (exact) mass is 356 g/mol. The van der Waals surface area contributed by atoms with Crippen molar-refractivity contribution in [2.45, 2.75) is 52.0 Å². The first-order valence-corrected chi connectivity index (χ1v) is 9.49. The Morgan fingerprint density at radius 2 is 1.88 bits per heavy atom. The highest BCUT2D eigenvalue weighted by Crippen LogP contribution is 2.14. The summed E-state index contributed by atoms with van der Waals surface area (Å²) in [6.45, 7) is 9.12. The lowest BCUT2D eigenvalue weighted by atomic mass is 10.1. The molecule has 1 atom stereocenters. The number of ether oxygens (including phenoxy) is 1. The minimum Gasteiger partial charge on any atom is -0.444 e. The number of nitrogens with one attached hydrogen (secondary N) is 1. The minimum atomic E-state index is -3.46. The van der Waals surface area contributed by atoms with E-state index in [1.807, 2.05) is 31.2 Å². The molecule has 136 valence electrons. The summed E-state index contributed by atoms with van der Waals surface area (Å²) >= 11 is 0. The third-order valence-electron chi connectivity index (χ3n) is 3.37. The van der Waals surface area contributed by atoms with E-state index in [1.165, 1.54) is 11.4 Å². The second kappa shape index (κ2) is 7.98. The molecule has 0 spiro atoms. The van der Waals surface area contributed by atoms with Crippen LogP contribution in [0.4, 0.5) is 4.79 Å². The number of alkyl carbamates (subject to hydrolysis) is 1. The van der Waals surface area contributed by atoms with Crippen LogP contribution in [0.2, 0.25) is 0 Å². The molecular formula is C17H28N2O4S. The van der Waals surface area contributed by atoms with Crippen LogP contribution in [0.25, 0.3) is 0 Å². The number of aryl methyl sites for hydroxylation is 1. The van der Waals surface area contributed by atoms with Crippen LogP contribution in [-0.2, 0) is 20.5 Å². The summed E-state index contributed by atoms with van der Waals surface area (Å²) in [4.78, 5) is 11.7. The van der Waals surface area contributed by atoms with Gasteiger partial charge in [-0.25, -0.2) is 17.5 Å². The second-order valence-corrected chi connectivity index (χ2v) is 9.09. The first kappa shape index (κ1) is 20.4. The summed E-state index contributed by atoms with van der Waals surface area (Å²) in [6, 6.07) is 7.03. The van der Waals surface area contributed by atoms with Crippen molar-refractivity contribution in [2.24, 2.45) is 0 Å². The number of carbonyl (C=O) groups excluding carboxylic acids is 1. The highest BCUT2D eigenvalue weighted by atomic mass is 32.2. The molecule has 0 radical (unpaired) electrons. The van der Waals surface area contributed by atoms with Gasteiger partial charge >= 0.3 is 6.09 Å². The summed E-state index contributed by atoms with van der Waals surface area (Å²) in [5, 5.41) is 2.65. The molecular weight excluding hydrogens is 328 g/mol. The minimum absolute atomic E-state index is 0.0602. The lowest BCUT2D eigenvalue weighted by molar-refractivity contribution is 0.0504. The third-order valence-corrected chi connectivity index (χ3v) is 5.14. The highest BCUT2D eigenvalue weighted by Gasteiger charge is 2.23. The van der Waals surface area contributed by atoms with Crippen molar-refractivity contribution in [3.8, 4) is 0 Å². The maximum absolute atomic E-state index is 12.5. The van der Waals surface area contributed by atoms with E-state index >= 15 is 0 Å². The van der Waals surface area contributed by atoms with Crippen LogP contribution < -0.4 is 5.32 Å². The first-order chi connectivity index (χ1) is 10.9. The van der Waals surface area contributed by atoms with E-state index in [0.29, 0.717) is 0 Å². The highest BCUT2D eigenvalue weighted by molar-refractivity contribution is 7.88. The van der Waals surface area contributed by atoms with Crippen LogP contribution in [0.1, 0.15) is 38.8 Å². The predicted octanol–water partition coefficient (Wildman–Crippen LogP) is 2.67. The first-order valence-electron chi connectivity index (χ1n) is 7.89. The summed E-state index contributed by atoms with van der Waals surface area (Å²) in [6.07, 6.45) is -0.556. The van der Waals surface area contributed by atoms with Gasteiger partial charge in [-0.15, -0.1) is 0 Å². The van der Waals surface area contributed by atoms with Crippen LogP contribution in [0, 0.1) is 6.92 Å². The zero-order chi connectivity index (χ0) is 18.5. The Kier molecular flexibility index (Phi) is 6.80. The average Bonchev–Trinajstić information content (AvgIpc) is 2.38. The molecule has 7 heteroatoms. The summed E-state index contributed by atoms with van der Waals surface area (Å²) < 4.78 is 31.4. The van der Waals surface area contributed by atoms with Gasteiger partial charge in [0.1, 0.15) is 5.60 Å². The Morgan fingerprint density at radius 1 is 1.29 bits per heavy atom. The number of benzene rings is 1. The van der Waals surface area contributed by atoms with Crippen LogP contribution in [-0.4, -0.2) is 44.1 Å². The fourth-order valence-electron chi connectivity index (χ4n) is 2.13. The van der Waals surface area contributed by atoms with Crippen molar-refractivity contribution in [1.29, 1.82) is 0 Å². The largest absolute Gasteiger partial charge is 0.444 e. The molecule has 0 aliphatic heterocycles. The molecule has 0 fully saturated rings. The number of carbonyl (C=O) groups is 1. The maximum Gasteiger partial charge on any atom is 0.407 e. The molecule has 1 N–H and O–H groups in total. The van der Waals surface area contributed by atoms with Crippen molar-refractivity contribution < 1.29 is 17.9 Å². The Bertz CT molecular complexity index is 665. The average molecular weight is 356 g/mol. The Morgan fingerprint density at radius 3 is 2.42 bits per heavy atom. The van der Waals surface area contributed by atoms with E-state index in [0.717, 1.165) is 11.1 Å². The van der Waals surface area contributed by atoms with Crippen molar-refractivity contribution in [3.63, 3.8) is 0 Å². The SMILES string of the molecule is Cc1ccccc1CS(=O)(=O)N(C)C[C@H](C)NC(=O)OC(C)(C)C. The Labute approximate surface area is 145 Å². The fourth-order valence-corrected chi connectivity index (χ4v) is 3.52. The molecule has 0 aromatic heterocycles. The topological polar surface area (TPSA) is 75.7 Å². The molecule has 1 rings (SSSR count). The molecule has 0 aliphatic rings. The molecule has 24 heavy (non-hydrogen) atoms. The Balaban J connectivity index is 2.64. The van der Waals surface area contributed by atoms with Gasteiger partial charge in [0.25, 0.3) is 0 Å². The molecule has 0 aliphatic carbocycles. The molecule has 1 amide bonds. The van der Waals surface area contributed by atoms with Gasteiger partial charge in [-0.2, -0.15) is 0 Å². The molecule has 0 heterocycles. The van der Waals surface area contributed by atoms with Gasteiger partial charge in [0.05, 0.1) is 5.75 Å². The van der Waals surface area contributed by atoms with Gasteiger partial charge in [-0.05, 0) is 45.7 Å². The lowest BCUT2D eigenvalue weighted by Gasteiger charge is -2.25. The molecule has 1 aromatic carbocycles. The van der Waals surface area contributed by atoms with Crippen molar-refractivity contribution in [2.75, 3.05) is 13.6 Å². The zero-order valence-corrected chi connectivity index (χ0v) is 16.1. The number of amides is 1. The number of nitrogens with zero attached hydrogens (tertiary/aromatic N) is 1. The standard InChI is InChI=1S/C17H28N2O4S/c1-13-9-7-8-10-15(13)12-24(21,22)19(6)11-14(2)18-16(20)23-17(3,4)5/h7-10,14H,11-12H2,1-6H3,(H,18,20)/t14-/m0/s1. The van der Waals surface area contributed by atoms with Crippen LogP contribution in [0.5, 0.6) is 0 Å². The van der Waals surface area contributed by atoms with Gasteiger partial charge in [-0.3, -0.25) is 0 Å². The number of sulfonamides is 1. The van der Waals surface area contributed by atoms with Crippen LogP contribution >= 0.6 is 0 Å². The van der Waals surface area contributed by atoms with Crippen molar-refractivity contribution in [3.05, 3.63) is 35.4 Å². The van der Waals surface area contributed by atoms with Gasteiger partial charge in [0.15, 0.2) is 0 Å². The molecule has 0 saturated heterocycles. The van der Waals surface area contributed by atoms with Crippen molar-refractivity contribution >= 4 is 16.1 Å². The number of rotatable bonds is 6. The van der Waals surface area contributed by atoms with E-state index in [1.54, 1.807) is 27.7 Å². The zero-order valence-electron chi connectivity index (χ0n) is 15.3. The lowest BCUT2D eigenvalue weighted by Crippen LogP contribution is -2.44. The molecule has 1 aromatic rings. The van der Waals surface area contributed by atoms with Crippen molar-refractivity contribution in [1.82, 2.24) is 9.62 Å². The van der Waals surface area contributed by atoms with Gasteiger partial charge in [-0.1, -0.05) is 24.3 Å². The smallest absolute Gasteiger partial charge is 0.407 e. The maximum atomic E-state index is 12.5. The molecule has 6 nitrogen and oxygen atoms in total. The number of hydrogen-bond donors (Lipinski definition) is 1. The second-order valence-electron chi connectivity index (χ2n) is 7.01. The molecule has 0 bridgehead atoms. The van der Waals surface area contributed by atoms with E-state index in [2.05, 4.69) is 5.32 Å². The van der Waals surface area contributed by atoms with E-state index in [4.69, 9.17) is 4.74 Å². The molecule has 0 saturated carbocycles. The van der Waals surface area contributed by atoms with Crippen LogP contribution in [0.3, 0.4) is 0 Å². The van der Waals surface area contributed by atoms with Crippen LogP contribution in [0.15, 0.2) is 24.3 Å². The summed E-state index contributed by atoms with van der Waals surface area (Å²) in [5.74, 6) is -0.0602. The normalized spacial score (nSPS) is 13.6. The van der Waals surface area contributed by atoms with E-state index < -0.39 is 21.7 Å². The Hall–Kier alpha value is -1.60. The third kappa shape index (κ3) is 6.88. The van der Waals surface area contributed by atoms with E-state index in [9.17, 15) is 13.2 Å².